The molecule has 120 valence electrons. The van der Waals surface area contributed by atoms with Crippen LogP contribution in [0.4, 0.5) is 0 Å². The number of phosphoric acid groups is 1. The maximum Gasteiger partial charge on any atom is 0.489 e. The van der Waals surface area contributed by atoms with E-state index in [1.165, 1.54) is 0 Å². The number of phosphoric ester groups is 1. The highest BCUT2D eigenvalue weighted by molar-refractivity contribution is 7.52. The van der Waals surface area contributed by atoms with Crippen LogP contribution in [0.25, 0.3) is 0 Å². The van der Waals surface area contributed by atoms with Crippen molar-refractivity contribution in [2.45, 2.75) is 63.6 Å². The summed E-state index contributed by atoms with van der Waals surface area (Å²) in [6.45, 7) is 2.09. The van der Waals surface area contributed by atoms with E-state index in [0.29, 0.717) is 6.42 Å². The van der Waals surface area contributed by atoms with Crippen LogP contribution in [0.3, 0.4) is 0 Å². The van der Waals surface area contributed by atoms with Gasteiger partial charge in [0.15, 0.2) is 5.78 Å². The smallest absolute Gasteiger partial charge is 0.354 e. The second-order valence-electron chi connectivity index (χ2n) is 5.22. The van der Waals surface area contributed by atoms with Crippen LogP contribution in [-0.2, 0) is 27.7 Å². The number of hydrogen-bond donors (Lipinski definition) is 2. The van der Waals surface area contributed by atoms with Gasteiger partial charge in [0.05, 0.1) is 0 Å². The van der Waals surface area contributed by atoms with Gasteiger partial charge in [0.25, 0.3) is 11.6 Å². The molecule has 0 unspecified atom stereocenters. The van der Waals surface area contributed by atoms with Gasteiger partial charge in [0, 0.05) is 6.42 Å². The number of rotatable bonds is 10. The molecule has 0 aromatic heterocycles. The van der Waals surface area contributed by atoms with E-state index >= 15 is 0 Å². The summed E-state index contributed by atoms with van der Waals surface area (Å²) in [4.78, 5) is 23.5. The zero-order chi connectivity index (χ0) is 15.7. The normalized spacial score (nSPS) is 30.4. The van der Waals surface area contributed by atoms with Gasteiger partial charge in [-0.3, -0.25) is 9.59 Å². The minimum atomic E-state index is -3.63. The Labute approximate surface area is 122 Å². The fourth-order valence-corrected chi connectivity index (χ4v) is 3.34. The maximum absolute atomic E-state index is 11.7. The SMILES string of the molecule is CCCCCCCCC(=O)C(O)(O)C(=O)C12OP(=O)(O1)O2. The lowest BCUT2D eigenvalue weighted by molar-refractivity contribution is -0.405. The fraction of sp³-hybridized carbons (Fsp3) is 0.833. The molecule has 0 amide bonds. The van der Waals surface area contributed by atoms with Crippen molar-refractivity contribution in [3.8, 4) is 0 Å². The largest absolute Gasteiger partial charge is 0.489 e. The summed E-state index contributed by atoms with van der Waals surface area (Å²) in [6.07, 6.45) is 5.29. The number of hydrogen-bond acceptors (Lipinski definition) is 8. The summed E-state index contributed by atoms with van der Waals surface area (Å²) >= 11 is 0. The molecule has 21 heavy (non-hydrogen) atoms. The van der Waals surface area contributed by atoms with E-state index in [1.54, 1.807) is 0 Å². The van der Waals surface area contributed by atoms with Gasteiger partial charge in [-0.15, -0.1) is 0 Å². The van der Waals surface area contributed by atoms with Crippen molar-refractivity contribution in [2.24, 2.45) is 0 Å². The number of carbonyl (C=O) groups excluding carboxylic acids is 2. The minimum Gasteiger partial charge on any atom is -0.354 e. The highest BCUT2D eigenvalue weighted by Crippen LogP contribution is 2.80. The summed E-state index contributed by atoms with van der Waals surface area (Å²) < 4.78 is 24.4. The van der Waals surface area contributed by atoms with Crippen LogP contribution in [0.2, 0.25) is 0 Å². The van der Waals surface area contributed by atoms with E-state index in [0.717, 1.165) is 32.1 Å². The standard InChI is InChI=1S/C12H19O8P/c1-2-3-4-5-6-7-8-9(13)11(15,16)10(14)12-18-21(17,19-12)20-12/h15-16H,2-8H2,1H3. The van der Waals surface area contributed by atoms with Crippen molar-refractivity contribution in [1.29, 1.82) is 0 Å². The topological polar surface area (TPSA) is 119 Å². The second kappa shape index (κ2) is 5.87. The molecule has 0 saturated carbocycles. The lowest BCUT2D eigenvalue weighted by Gasteiger charge is -2.54. The summed E-state index contributed by atoms with van der Waals surface area (Å²) in [5.41, 5.74) is 0. The molecule has 0 spiro atoms. The van der Waals surface area contributed by atoms with Crippen molar-refractivity contribution in [3.63, 3.8) is 0 Å². The summed E-state index contributed by atoms with van der Waals surface area (Å²) in [7, 11) is -3.63. The number of aliphatic hydroxyl groups is 2. The molecule has 8 nitrogen and oxygen atoms in total. The van der Waals surface area contributed by atoms with Gasteiger partial charge < -0.3 is 10.2 Å². The van der Waals surface area contributed by atoms with Crippen LogP contribution >= 0.6 is 7.82 Å². The molecule has 9 heteroatoms. The van der Waals surface area contributed by atoms with Gasteiger partial charge >= 0.3 is 13.8 Å². The van der Waals surface area contributed by atoms with Crippen LogP contribution in [0, 0.1) is 0 Å². The molecule has 0 radical (unpaired) electrons. The van der Waals surface area contributed by atoms with Crippen molar-refractivity contribution >= 4 is 19.4 Å². The van der Waals surface area contributed by atoms with Crippen LogP contribution in [0.15, 0.2) is 0 Å². The van der Waals surface area contributed by atoms with Crippen LogP contribution in [-0.4, -0.2) is 33.5 Å². The monoisotopic (exact) mass is 322 g/mol. The summed E-state index contributed by atoms with van der Waals surface area (Å²) in [6, 6.07) is 0. The predicted octanol–water partition coefficient (Wildman–Crippen LogP) is 1.39. The van der Waals surface area contributed by atoms with Crippen LogP contribution in [0.5, 0.6) is 0 Å². The number of unbranched alkanes of at least 4 members (excludes halogenated alkanes) is 5. The third-order valence-corrected chi connectivity index (χ3v) is 4.83. The lowest BCUT2D eigenvalue weighted by Crippen LogP contribution is -2.69. The molecule has 3 heterocycles. The average molecular weight is 322 g/mol. The van der Waals surface area contributed by atoms with Crippen molar-refractivity contribution in [2.75, 3.05) is 0 Å². The Kier molecular flexibility index (Phi) is 4.68. The Hall–Kier alpha value is -0.630. The zero-order valence-electron chi connectivity index (χ0n) is 11.7. The molecular formula is C12H19O8P. The van der Waals surface area contributed by atoms with Gasteiger partial charge in [0.2, 0.25) is 0 Å². The fourth-order valence-electron chi connectivity index (χ4n) is 2.17. The summed E-state index contributed by atoms with van der Waals surface area (Å²) in [5, 5.41) is 19.3. The molecule has 0 aliphatic carbocycles. The van der Waals surface area contributed by atoms with E-state index in [9.17, 15) is 24.4 Å². The first kappa shape index (κ1) is 16.7. The van der Waals surface area contributed by atoms with Crippen LogP contribution < -0.4 is 0 Å². The molecule has 3 rings (SSSR count). The highest BCUT2D eigenvalue weighted by atomic mass is 31.2. The Morgan fingerprint density at radius 1 is 1.05 bits per heavy atom. The zero-order valence-corrected chi connectivity index (χ0v) is 12.6. The number of carbonyl (C=O) groups is 2. The van der Waals surface area contributed by atoms with Crippen molar-refractivity contribution in [1.82, 2.24) is 0 Å². The van der Waals surface area contributed by atoms with Gasteiger partial charge in [-0.25, -0.2) is 18.1 Å². The molecular weight excluding hydrogens is 303 g/mol. The second-order valence-corrected chi connectivity index (χ2v) is 6.66. The van der Waals surface area contributed by atoms with Gasteiger partial charge in [-0.05, 0) is 6.42 Å². The van der Waals surface area contributed by atoms with E-state index in [4.69, 9.17) is 0 Å². The van der Waals surface area contributed by atoms with E-state index < -0.39 is 31.1 Å². The molecule has 3 aliphatic heterocycles. The molecule has 0 aromatic carbocycles. The predicted molar refractivity (Wildman–Crippen MR) is 68.8 cm³/mol. The molecule has 2 bridgehead atoms. The third-order valence-electron chi connectivity index (χ3n) is 3.44. The Morgan fingerprint density at radius 3 is 2.10 bits per heavy atom. The molecule has 2 N–H and O–H groups in total. The van der Waals surface area contributed by atoms with Gasteiger partial charge in [0.1, 0.15) is 0 Å². The average Bonchev–Trinajstić information content (AvgIpc) is 2.36. The first-order chi connectivity index (χ1) is 9.76. The van der Waals surface area contributed by atoms with E-state index in [1.807, 2.05) is 0 Å². The molecule has 3 saturated heterocycles. The first-order valence-electron chi connectivity index (χ1n) is 7.01. The number of ketones is 2. The molecule has 0 atom stereocenters. The molecule has 3 fully saturated rings. The lowest BCUT2D eigenvalue weighted by atomic mass is 9.99. The Bertz CT molecular complexity index is 459. The minimum absolute atomic E-state index is 0.154. The quantitative estimate of drug-likeness (QED) is 0.268. The van der Waals surface area contributed by atoms with Gasteiger partial charge in [-0.1, -0.05) is 39.0 Å². The first-order valence-corrected chi connectivity index (χ1v) is 8.47. The maximum atomic E-state index is 11.7. The Morgan fingerprint density at radius 2 is 1.57 bits per heavy atom. The van der Waals surface area contributed by atoms with E-state index in [-0.39, 0.29) is 6.42 Å². The highest BCUT2D eigenvalue weighted by Gasteiger charge is 2.82. The number of Topliss-reactive ketones (excluding diaryl/α,β-unsaturated/α-hetero) is 2. The van der Waals surface area contributed by atoms with Crippen molar-refractivity contribution < 1.29 is 37.9 Å². The van der Waals surface area contributed by atoms with Crippen molar-refractivity contribution in [3.05, 3.63) is 0 Å². The van der Waals surface area contributed by atoms with Gasteiger partial charge in [-0.2, -0.15) is 0 Å². The third kappa shape index (κ3) is 3.11. The molecule has 3 aliphatic rings. The molecule has 0 aromatic rings. The van der Waals surface area contributed by atoms with E-state index in [2.05, 4.69) is 20.5 Å². The Balaban J connectivity index is 1.75. The van der Waals surface area contributed by atoms with Crippen LogP contribution in [0.1, 0.15) is 51.9 Å². The summed E-state index contributed by atoms with van der Waals surface area (Å²) in [5.74, 6) is -8.18.